The lowest BCUT2D eigenvalue weighted by Crippen LogP contribution is -2.41. The zero-order valence-electron chi connectivity index (χ0n) is 18.8. The van der Waals surface area contributed by atoms with Gasteiger partial charge in [0.05, 0.1) is 18.7 Å². The first-order chi connectivity index (χ1) is 17.0. The number of hydrogen-bond acceptors (Lipinski definition) is 12. The van der Waals surface area contributed by atoms with Crippen LogP contribution in [0.5, 0.6) is 0 Å². The number of ether oxygens (including phenoxy) is 1. The van der Waals surface area contributed by atoms with Gasteiger partial charge in [0, 0.05) is 26.0 Å². The van der Waals surface area contributed by atoms with Crippen molar-refractivity contribution in [1.82, 2.24) is 49.8 Å². The number of fused-ring (bicyclic) bond motifs is 1. The van der Waals surface area contributed by atoms with Crippen LogP contribution in [0.25, 0.3) is 28.5 Å². The quantitative estimate of drug-likeness (QED) is 0.253. The molecule has 4 aromatic rings. The van der Waals surface area contributed by atoms with E-state index in [1.807, 2.05) is 6.92 Å². The summed E-state index contributed by atoms with van der Waals surface area (Å²) in [6, 6.07) is 0. The molecule has 182 valence electrons. The van der Waals surface area contributed by atoms with E-state index >= 15 is 0 Å². The van der Waals surface area contributed by atoms with Crippen molar-refractivity contribution in [2.75, 3.05) is 18.9 Å². The molecule has 5 heterocycles. The van der Waals surface area contributed by atoms with Crippen LogP contribution in [0.15, 0.2) is 31.1 Å². The highest BCUT2D eigenvalue weighted by molar-refractivity contribution is 5.84. The molecule has 1 amide bonds. The van der Waals surface area contributed by atoms with Gasteiger partial charge in [0.15, 0.2) is 29.3 Å². The molecule has 4 N–H and O–H groups in total. The topological polar surface area (TPSA) is 191 Å². The minimum atomic E-state index is -1.43. The molecule has 0 radical (unpaired) electrons. The Kier molecular flexibility index (Phi) is 6.02. The number of amides is 1. The smallest absolute Gasteiger partial charge is 0.256 e. The maximum atomic E-state index is 12.1. The van der Waals surface area contributed by atoms with Crippen molar-refractivity contribution in [3.63, 3.8) is 0 Å². The van der Waals surface area contributed by atoms with Gasteiger partial charge in [-0.1, -0.05) is 12.1 Å². The third-order valence-electron chi connectivity index (χ3n) is 5.49. The van der Waals surface area contributed by atoms with Gasteiger partial charge < -0.3 is 25.6 Å². The Morgan fingerprint density at radius 1 is 1.17 bits per heavy atom. The summed E-state index contributed by atoms with van der Waals surface area (Å²) < 4.78 is 8.53. The van der Waals surface area contributed by atoms with Gasteiger partial charge in [0.2, 0.25) is 0 Å². The largest absolute Gasteiger partial charge is 0.387 e. The van der Waals surface area contributed by atoms with Gasteiger partial charge in [-0.05, 0) is 6.42 Å². The molecule has 4 aromatic heterocycles. The predicted octanol–water partition coefficient (Wildman–Crippen LogP) is -0.949. The molecule has 1 unspecified atom stereocenters. The summed E-state index contributed by atoms with van der Waals surface area (Å²) in [6.07, 6.45) is 3.36. The molecule has 1 saturated heterocycles. The van der Waals surface area contributed by atoms with E-state index in [2.05, 4.69) is 45.9 Å². The fourth-order valence-corrected chi connectivity index (χ4v) is 3.72. The van der Waals surface area contributed by atoms with Gasteiger partial charge in [-0.15, -0.1) is 5.10 Å². The van der Waals surface area contributed by atoms with Crippen LogP contribution in [0.2, 0.25) is 0 Å². The van der Waals surface area contributed by atoms with E-state index in [-0.39, 0.29) is 5.95 Å². The molecule has 35 heavy (non-hydrogen) atoms. The van der Waals surface area contributed by atoms with E-state index in [1.54, 1.807) is 24.8 Å². The van der Waals surface area contributed by atoms with Crippen molar-refractivity contribution in [3.8, 4) is 17.3 Å². The van der Waals surface area contributed by atoms with Crippen LogP contribution >= 0.6 is 0 Å². The average Bonchev–Trinajstić information content (AvgIpc) is 3.61. The Bertz CT molecular complexity index is 1340. The zero-order valence-corrected chi connectivity index (χ0v) is 18.8. The van der Waals surface area contributed by atoms with Crippen molar-refractivity contribution in [3.05, 3.63) is 31.1 Å². The van der Waals surface area contributed by atoms with E-state index in [0.29, 0.717) is 34.9 Å². The number of anilines is 1. The SMILES string of the molecule is CCCNc1nc(-n2cc(-c3cnccn3)nn2)nc2c1ncn2C1O[C@H](C(=O)NC)[C@@H](O)[C@H]1O. The number of carbonyl (C=O) groups is 1. The molecule has 5 rings (SSSR count). The summed E-state index contributed by atoms with van der Waals surface area (Å²) in [4.78, 5) is 33.9. The Morgan fingerprint density at radius 3 is 2.77 bits per heavy atom. The number of likely N-dealkylation sites (N-methyl/N-ethyl adjacent to an activating group) is 1. The average molecular weight is 481 g/mol. The minimum absolute atomic E-state index is 0.177. The summed E-state index contributed by atoms with van der Waals surface area (Å²) in [5.74, 6) is 0.0673. The first kappa shape index (κ1) is 22.7. The third kappa shape index (κ3) is 4.05. The van der Waals surface area contributed by atoms with E-state index in [0.717, 1.165) is 6.42 Å². The van der Waals surface area contributed by atoms with E-state index in [4.69, 9.17) is 4.74 Å². The van der Waals surface area contributed by atoms with Crippen LogP contribution in [0.3, 0.4) is 0 Å². The first-order valence-electron chi connectivity index (χ1n) is 10.9. The summed E-state index contributed by atoms with van der Waals surface area (Å²) in [7, 11) is 1.42. The molecule has 1 fully saturated rings. The van der Waals surface area contributed by atoms with Crippen molar-refractivity contribution < 1.29 is 19.7 Å². The Balaban J connectivity index is 1.58. The van der Waals surface area contributed by atoms with E-state index in [9.17, 15) is 15.0 Å². The molecular weight excluding hydrogens is 458 g/mol. The highest BCUT2D eigenvalue weighted by Gasteiger charge is 2.47. The Hall–Kier alpha value is -4.08. The summed E-state index contributed by atoms with van der Waals surface area (Å²) in [5, 5.41) is 34.9. The van der Waals surface area contributed by atoms with Crippen LogP contribution in [0.1, 0.15) is 19.6 Å². The lowest BCUT2D eigenvalue weighted by molar-refractivity contribution is -0.137. The number of aliphatic hydroxyl groups excluding tert-OH is 2. The van der Waals surface area contributed by atoms with Crippen molar-refractivity contribution in [2.45, 2.75) is 37.9 Å². The molecule has 15 heteroatoms. The molecule has 15 nitrogen and oxygen atoms in total. The van der Waals surface area contributed by atoms with Gasteiger partial charge >= 0.3 is 0 Å². The molecule has 0 spiro atoms. The van der Waals surface area contributed by atoms with Crippen LogP contribution in [0.4, 0.5) is 5.82 Å². The maximum absolute atomic E-state index is 12.1. The Morgan fingerprint density at radius 2 is 2.03 bits per heavy atom. The number of carbonyl (C=O) groups excluding carboxylic acids is 1. The summed E-state index contributed by atoms with van der Waals surface area (Å²) in [5.41, 5.74) is 1.74. The van der Waals surface area contributed by atoms with Crippen molar-refractivity contribution >= 4 is 22.9 Å². The summed E-state index contributed by atoms with van der Waals surface area (Å²) >= 11 is 0. The first-order valence-corrected chi connectivity index (χ1v) is 10.9. The molecule has 0 saturated carbocycles. The standard InChI is InChI=1S/C20H23N11O4/c1-3-4-24-16-12-17(30(9-25-12)19-14(33)13(32)15(35-19)18(34)21-2)27-20(26-16)31-8-11(28-29-31)10-7-22-5-6-23-10/h5-9,13-15,19,32-33H,3-4H2,1-2H3,(H,21,34)(H,24,26,27)/t13-,14+,15-,19?/m0/s1. The molecule has 4 atom stereocenters. The van der Waals surface area contributed by atoms with Gasteiger partial charge in [0.1, 0.15) is 23.6 Å². The second-order valence-electron chi connectivity index (χ2n) is 7.80. The fraction of sp³-hybridized carbons (Fsp3) is 0.400. The number of aliphatic hydroxyl groups is 2. The molecule has 1 aliphatic rings. The molecular formula is C20H23N11O4. The number of imidazole rings is 1. The maximum Gasteiger partial charge on any atom is 0.256 e. The zero-order chi connectivity index (χ0) is 24.5. The normalized spacial score (nSPS) is 21.9. The lowest BCUT2D eigenvalue weighted by Gasteiger charge is -2.17. The predicted molar refractivity (Wildman–Crippen MR) is 120 cm³/mol. The van der Waals surface area contributed by atoms with Gasteiger partial charge in [0.25, 0.3) is 11.9 Å². The third-order valence-corrected chi connectivity index (χ3v) is 5.49. The monoisotopic (exact) mass is 481 g/mol. The highest BCUT2D eigenvalue weighted by Crippen LogP contribution is 2.33. The van der Waals surface area contributed by atoms with Crippen LogP contribution in [-0.2, 0) is 9.53 Å². The van der Waals surface area contributed by atoms with E-state index < -0.39 is 30.4 Å². The number of nitrogens with zero attached hydrogens (tertiary/aromatic N) is 9. The molecule has 0 aromatic carbocycles. The van der Waals surface area contributed by atoms with Gasteiger partial charge in [-0.3, -0.25) is 19.3 Å². The van der Waals surface area contributed by atoms with Gasteiger partial charge in [-0.2, -0.15) is 14.6 Å². The molecule has 1 aliphatic heterocycles. The molecule has 0 bridgehead atoms. The number of hydrogen-bond donors (Lipinski definition) is 4. The van der Waals surface area contributed by atoms with Crippen LogP contribution in [0, 0.1) is 0 Å². The fourth-order valence-electron chi connectivity index (χ4n) is 3.72. The van der Waals surface area contributed by atoms with Crippen LogP contribution < -0.4 is 10.6 Å². The van der Waals surface area contributed by atoms with Crippen molar-refractivity contribution in [1.29, 1.82) is 0 Å². The highest BCUT2D eigenvalue weighted by atomic mass is 16.6. The van der Waals surface area contributed by atoms with Crippen molar-refractivity contribution in [2.24, 2.45) is 0 Å². The number of nitrogens with one attached hydrogen (secondary N) is 2. The molecule has 0 aliphatic carbocycles. The van der Waals surface area contributed by atoms with Gasteiger partial charge in [-0.25, -0.2) is 4.98 Å². The summed E-state index contributed by atoms with van der Waals surface area (Å²) in [6.45, 7) is 2.64. The number of aromatic nitrogens is 9. The Labute approximate surface area is 198 Å². The number of rotatable bonds is 7. The lowest BCUT2D eigenvalue weighted by atomic mass is 10.1. The minimum Gasteiger partial charge on any atom is -0.387 e. The second kappa shape index (κ2) is 9.28. The van der Waals surface area contributed by atoms with E-state index in [1.165, 1.54) is 22.6 Å². The van der Waals surface area contributed by atoms with Crippen LogP contribution in [-0.4, -0.2) is 92.5 Å². The second-order valence-corrected chi connectivity index (χ2v) is 7.80.